The first kappa shape index (κ1) is 49.8. The number of esters is 1. The largest absolute Gasteiger partial charge is 0.432 e. The molecule has 65 heavy (non-hydrogen) atoms. The Balaban J connectivity index is 1.05. The molecule has 4 heterocycles. The summed E-state index contributed by atoms with van der Waals surface area (Å²) in [6.07, 6.45) is -26.1. The molecule has 4 saturated heterocycles. The number of aliphatic hydroxyl groups excluding tert-OH is 13. The number of ether oxygens (including phenoxy) is 8. The lowest BCUT2D eigenvalue weighted by atomic mass is 9.41. The van der Waals surface area contributed by atoms with Gasteiger partial charge in [0.1, 0.15) is 91.6 Å². The van der Waals surface area contributed by atoms with Crippen molar-refractivity contribution in [2.75, 3.05) is 26.4 Å². The number of carbonyl (C=O) groups is 1. The molecule has 2 bridgehead atoms. The molecule has 0 aromatic carbocycles. The van der Waals surface area contributed by atoms with Gasteiger partial charge in [-0.1, -0.05) is 19.9 Å². The van der Waals surface area contributed by atoms with Crippen molar-refractivity contribution in [3.05, 3.63) is 12.2 Å². The third-order valence-electron chi connectivity index (χ3n) is 16.7. The normalized spacial score (nSPS) is 54.7. The first-order valence-electron chi connectivity index (χ1n) is 22.8. The molecule has 0 amide bonds. The fourth-order valence-electron chi connectivity index (χ4n) is 13.2. The first-order chi connectivity index (χ1) is 30.7. The summed E-state index contributed by atoms with van der Waals surface area (Å²) in [6.45, 7) is 5.86. The predicted molar refractivity (Wildman–Crippen MR) is 213 cm³/mol. The van der Waals surface area contributed by atoms with Gasteiger partial charge in [-0.3, -0.25) is 4.79 Å². The van der Waals surface area contributed by atoms with Gasteiger partial charge in [-0.05, 0) is 86.5 Å². The fourth-order valence-corrected chi connectivity index (χ4v) is 13.2. The van der Waals surface area contributed by atoms with E-state index in [1.807, 2.05) is 6.92 Å². The van der Waals surface area contributed by atoms with Crippen LogP contribution in [0, 0.1) is 28.1 Å². The van der Waals surface area contributed by atoms with Crippen molar-refractivity contribution in [2.24, 2.45) is 28.1 Å². The highest BCUT2D eigenvalue weighted by Crippen LogP contribution is 2.73. The Labute approximate surface area is 375 Å². The Bertz CT molecular complexity index is 1710. The van der Waals surface area contributed by atoms with Gasteiger partial charge in [0.2, 0.25) is 6.29 Å². The van der Waals surface area contributed by atoms with E-state index in [4.69, 9.17) is 37.9 Å². The highest BCUT2D eigenvalue weighted by Gasteiger charge is 2.69. The molecule has 8 aliphatic rings. The zero-order valence-corrected chi connectivity index (χ0v) is 36.5. The van der Waals surface area contributed by atoms with Gasteiger partial charge in [0.05, 0.1) is 37.4 Å². The molecule has 4 aliphatic carbocycles. The molecular formula is C43H68O22. The summed E-state index contributed by atoms with van der Waals surface area (Å²) in [7, 11) is 0. The number of hydrogen-bond acceptors (Lipinski definition) is 22. The van der Waals surface area contributed by atoms with Crippen LogP contribution in [0.5, 0.6) is 0 Å². The van der Waals surface area contributed by atoms with E-state index in [1.165, 1.54) is 0 Å². The summed E-state index contributed by atoms with van der Waals surface area (Å²) in [6, 6.07) is 0. The molecular weight excluding hydrogens is 868 g/mol. The molecule has 13 N–H and O–H groups in total. The molecule has 8 fully saturated rings. The van der Waals surface area contributed by atoms with Crippen molar-refractivity contribution in [2.45, 2.75) is 194 Å². The maximum absolute atomic E-state index is 14.3. The molecule has 8 rings (SSSR count). The zero-order valence-electron chi connectivity index (χ0n) is 36.5. The fraction of sp³-hybridized carbons (Fsp3) is 0.930. The van der Waals surface area contributed by atoms with Crippen LogP contribution >= 0.6 is 0 Å². The minimum atomic E-state index is -1.92. The summed E-state index contributed by atoms with van der Waals surface area (Å²) in [5.41, 5.74) is -2.17. The Hall–Kier alpha value is -1.59. The van der Waals surface area contributed by atoms with E-state index in [0.29, 0.717) is 51.4 Å². The lowest BCUT2D eigenvalue weighted by Gasteiger charge is -2.64. The van der Waals surface area contributed by atoms with Crippen molar-refractivity contribution in [1.82, 2.24) is 0 Å². The number of hydrogen-bond donors (Lipinski definition) is 13. The molecule has 25 atom stereocenters. The van der Waals surface area contributed by atoms with Gasteiger partial charge in [-0.25, -0.2) is 0 Å². The SMILES string of the molecule is C=C1C[C@@]23CC[C@H]4[C@@](C)(CCC[C@@]4(C)C(=O)O[C@@H]4O[C@H](CO)[C@@H](O)[C@H](O)[C@H]4O)[C@@H]2CC[C@@]1(O[C@@H]1O[C@H](CO)[C@@H](O)[C@H](O[C@@H]2O[C@H](CO)[C@@H](O)[C@H](O)[C@H]2O)[C@H]1O[C@@H]1OC[C@@H](O)[C@H](O)[C@H]1O)C3. The summed E-state index contributed by atoms with van der Waals surface area (Å²) in [4.78, 5) is 14.3. The lowest BCUT2D eigenvalue weighted by Crippen LogP contribution is -2.67. The highest BCUT2D eigenvalue weighted by atomic mass is 16.8. The highest BCUT2D eigenvalue weighted by molar-refractivity contribution is 5.77. The number of rotatable bonds is 11. The van der Waals surface area contributed by atoms with Crippen molar-refractivity contribution in [3.63, 3.8) is 0 Å². The average molecular weight is 937 g/mol. The quantitative estimate of drug-likeness (QED) is 0.0528. The predicted octanol–water partition coefficient (Wildman–Crippen LogP) is -4.47. The summed E-state index contributed by atoms with van der Waals surface area (Å²) in [5.74, 6) is -0.744. The zero-order chi connectivity index (χ0) is 47.1. The summed E-state index contributed by atoms with van der Waals surface area (Å²) >= 11 is 0. The molecule has 1 spiro atoms. The van der Waals surface area contributed by atoms with Gasteiger partial charge < -0.3 is 104 Å². The second-order valence-electron chi connectivity index (χ2n) is 20.4. The second kappa shape index (κ2) is 18.6. The molecule has 372 valence electrons. The minimum Gasteiger partial charge on any atom is -0.432 e. The molecule has 4 saturated carbocycles. The van der Waals surface area contributed by atoms with Crippen LogP contribution in [0.4, 0.5) is 0 Å². The Morgan fingerprint density at radius 2 is 1.18 bits per heavy atom. The van der Waals surface area contributed by atoms with Crippen molar-refractivity contribution >= 4 is 5.97 Å². The Morgan fingerprint density at radius 3 is 1.83 bits per heavy atom. The van der Waals surface area contributed by atoms with Crippen molar-refractivity contribution in [3.8, 4) is 0 Å². The van der Waals surface area contributed by atoms with E-state index >= 15 is 0 Å². The van der Waals surface area contributed by atoms with Crippen LogP contribution in [-0.2, 0) is 42.7 Å². The van der Waals surface area contributed by atoms with Crippen LogP contribution in [-0.4, -0.2) is 221 Å². The monoisotopic (exact) mass is 936 g/mol. The lowest BCUT2D eigenvalue weighted by molar-refractivity contribution is -0.395. The van der Waals surface area contributed by atoms with E-state index in [9.17, 15) is 71.2 Å². The van der Waals surface area contributed by atoms with Gasteiger partial charge in [0.15, 0.2) is 18.9 Å². The van der Waals surface area contributed by atoms with Gasteiger partial charge in [0, 0.05) is 0 Å². The topological polar surface area (TPSA) is 354 Å². The Morgan fingerprint density at radius 1 is 0.631 bits per heavy atom. The molecule has 22 heteroatoms. The van der Waals surface area contributed by atoms with Crippen molar-refractivity contribution in [1.29, 1.82) is 0 Å². The molecule has 0 aromatic heterocycles. The van der Waals surface area contributed by atoms with Crippen LogP contribution in [0.2, 0.25) is 0 Å². The van der Waals surface area contributed by atoms with E-state index in [1.54, 1.807) is 0 Å². The van der Waals surface area contributed by atoms with E-state index in [2.05, 4.69) is 13.5 Å². The van der Waals surface area contributed by atoms with Gasteiger partial charge >= 0.3 is 5.97 Å². The van der Waals surface area contributed by atoms with Crippen LogP contribution in [0.15, 0.2) is 12.2 Å². The average Bonchev–Trinajstić information content (AvgIpc) is 3.48. The third-order valence-corrected chi connectivity index (χ3v) is 16.7. The maximum Gasteiger partial charge on any atom is 0.314 e. The van der Waals surface area contributed by atoms with Crippen LogP contribution in [0.1, 0.15) is 71.6 Å². The third kappa shape index (κ3) is 8.32. The number of fused-ring (bicyclic) bond motifs is 3. The second-order valence-corrected chi connectivity index (χ2v) is 20.4. The molecule has 0 unspecified atom stereocenters. The number of carbonyl (C=O) groups excluding carboxylic acids is 1. The van der Waals surface area contributed by atoms with Gasteiger partial charge in [-0.2, -0.15) is 0 Å². The number of aliphatic hydroxyl groups is 13. The van der Waals surface area contributed by atoms with E-state index in [-0.39, 0.29) is 17.3 Å². The molecule has 4 aliphatic heterocycles. The minimum absolute atomic E-state index is 0.0525. The van der Waals surface area contributed by atoms with Crippen LogP contribution < -0.4 is 0 Å². The smallest absolute Gasteiger partial charge is 0.314 e. The molecule has 0 radical (unpaired) electrons. The van der Waals surface area contributed by atoms with Gasteiger partial charge in [-0.15, -0.1) is 0 Å². The standard InChI is InChI=1S/C43H68O22/c1-17-11-42-9-5-22-40(2,7-4-8-41(22,3)39(57)64-37-32(56)29(53)26(50)20(13-45)60-37)23(42)6-10-43(17,16-42)65-38-34(63-35-30(54)24(48)18(47)15-58-35)33(27(51)21(14-46)61-38)62-36-31(55)28(52)25(49)19(12-44)59-36/h18-38,44-56H,1,4-16H2,2-3H3/t18-,19-,20-,21-,22+,23+,24+,25-,26-,27-,28+,29+,30-,31-,32-,33+,34-,35+,36+,37+,38+,40-,41-,42-,43-/m1/s1. The summed E-state index contributed by atoms with van der Waals surface area (Å²) in [5, 5.41) is 137. The molecule has 0 aromatic rings. The summed E-state index contributed by atoms with van der Waals surface area (Å²) < 4.78 is 48.1. The molecule has 22 nitrogen and oxygen atoms in total. The van der Waals surface area contributed by atoms with Crippen LogP contribution in [0.25, 0.3) is 0 Å². The maximum atomic E-state index is 14.3. The van der Waals surface area contributed by atoms with Gasteiger partial charge in [0.25, 0.3) is 0 Å². The first-order valence-corrected chi connectivity index (χ1v) is 22.8. The van der Waals surface area contributed by atoms with E-state index < -0.39 is 166 Å². The Kier molecular flexibility index (Phi) is 14.3. The van der Waals surface area contributed by atoms with E-state index in [0.717, 1.165) is 12.0 Å². The van der Waals surface area contributed by atoms with Crippen molar-refractivity contribution < 1.29 is 109 Å². The van der Waals surface area contributed by atoms with Crippen LogP contribution in [0.3, 0.4) is 0 Å².